The number of hydrogen-bond acceptors (Lipinski definition) is 4. The second-order valence-electron chi connectivity index (χ2n) is 2.15. The third-order valence-corrected chi connectivity index (χ3v) is 1.42. The molecule has 1 aromatic rings. The lowest BCUT2D eigenvalue weighted by Crippen LogP contribution is -1.92. The van der Waals surface area contributed by atoms with Gasteiger partial charge in [-0.1, -0.05) is 5.16 Å². The summed E-state index contributed by atoms with van der Waals surface area (Å²) in [4.78, 5) is 10.3. The van der Waals surface area contributed by atoms with Gasteiger partial charge in [0.1, 0.15) is 5.76 Å². The summed E-state index contributed by atoms with van der Waals surface area (Å²) in [5.74, 6) is 0.633. The van der Waals surface area contributed by atoms with Gasteiger partial charge in [-0.15, -0.1) is 0 Å². The van der Waals surface area contributed by atoms with Gasteiger partial charge in [0.05, 0.1) is 12.2 Å². The molecule has 0 aliphatic carbocycles. The van der Waals surface area contributed by atoms with Crippen LogP contribution in [0.5, 0.6) is 0 Å². The summed E-state index contributed by atoms with van der Waals surface area (Å²) in [6, 6.07) is 0. The van der Waals surface area contributed by atoms with Crippen LogP contribution in [0.4, 0.5) is 0 Å². The number of carbonyl (C=O) groups excluding carboxylic acids is 1. The molecular formula is C7H9NO3. The second-order valence-corrected chi connectivity index (χ2v) is 2.15. The maximum Gasteiger partial charge on any atom is 0.172 e. The normalized spacial score (nSPS) is 10.0. The van der Waals surface area contributed by atoms with Crippen LogP contribution in [0.25, 0.3) is 0 Å². The van der Waals surface area contributed by atoms with E-state index < -0.39 is 0 Å². The van der Waals surface area contributed by atoms with Gasteiger partial charge in [-0.25, -0.2) is 0 Å². The summed E-state index contributed by atoms with van der Waals surface area (Å²) in [5, 5.41) is 3.53. The maximum absolute atomic E-state index is 10.3. The van der Waals surface area contributed by atoms with Crippen molar-refractivity contribution < 1.29 is 14.1 Å². The first kappa shape index (κ1) is 7.94. The Morgan fingerprint density at radius 1 is 1.73 bits per heavy atom. The Morgan fingerprint density at radius 2 is 2.45 bits per heavy atom. The molecule has 4 nitrogen and oxygen atoms in total. The van der Waals surface area contributed by atoms with Crippen LogP contribution >= 0.6 is 0 Å². The van der Waals surface area contributed by atoms with Crippen molar-refractivity contribution in [1.29, 1.82) is 0 Å². The van der Waals surface area contributed by atoms with Gasteiger partial charge in [-0.3, -0.25) is 4.79 Å². The molecule has 0 radical (unpaired) electrons. The van der Waals surface area contributed by atoms with Gasteiger partial charge in [0.15, 0.2) is 12.0 Å². The van der Waals surface area contributed by atoms with Crippen molar-refractivity contribution in [3.8, 4) is 0 Å². The van der Waals surface area contributed by atoms with Crippen molar-refractivity contribution in [2.24, 2.45) is 0 Å². The summed E-state index contributed by atoms with van der Waals surface area (Å²) in [5.41, 5.74) is 1.05. The standard InChI is InChI=1S/C7H9NO3/c1-5-6(4-10-2)7(3-9)8-11-5/h3H,4H2,1-2H3. The Bertz CT molecular complexity index is 254. The Balaban J connectivity index is 2.97. The Hall–Kier alpha value is -1.16. The Morgan fingerprint density at radius 3 is 3.00 bits per heavy atom. The molecule has 0 fully saturated rings. The SMILES string of the molecule is COCc1c(C=O)noc1C. The number of aldehydes is 1. The average Bonchev–Trinajstić information content (AvgIpc) is 2.34. The smallest absolute Gasteiger partial charge is 0.172 e. The zero-order chi connectivity index (χ0) is 8.27. The van der Waals surface area contributed by atoms with Gasteiger partial charge in [-0.2, -0.15) is 0 Å². The zero-order valence-electron chi connectivity index (χ0n) is 6.46. The van der Waals surface area contributed by atoms with Gasteiger partial charge in [0, 0.05) is 7.11 Å². The number of hydrogen-bond donors (Lipinski definition) is 0. The highest BCUT2D eigenvalue weighted by Gasteiger charge is 2.10. The number of rotatable bonds is 3. The minimum Gasteiger partial charge on any atom is -0.380 e. The molecule has 1 rings (SSSR count). The highest BCUT2D eigenvalue weighted by atomic mass is 16.5. The highest BCUT2D eigenvalue weighted by molar-refractivity contribution is 5.74. The fourth-order valence-corrected chi connectivity index (χ4v) is 0.821. The molecule has 0 saturated carbocycles. The van der Waals surface area contributed by atoms with E-state index in [1.54, 1.807) is 14.0 Å². The van der Waals surface area contributed by atoms with Crippen LogP contribution < -0.4 is 0 Å². The van der Waals surface area contributed by atoms with Crippen LogP contribution in [0.15, 0.2) is 4.52 Å². The highest BCUT2D eigenvalue weighted by Crippen LogP contribution is 2.11. The van der Waals surface area contributed by atoms with Crippen molar-refractivity contribution in [2.75, 3.05) is 7.11 Å². The fourth-order valence-electron chi connectivity index (χ4n) is 0.821. The van der Waals surface area contributed by atoms with Crippen LogP contribution in [0.3, 0.4) is 0 Å². The molecule has 11 heavy (non-hydrogen) atoms. The average molecular weight is 155 g/mol. The number of aromatic nitrogens is 1. The number of nitrogens with zero attached hydrogens (tertiary/aromatic N) is 1. The summed E-state index contributed by atoms with van der Waals surface area (Å²) >= 11 is 0. The molecule has 0 aliphatic rings. The van der Waals surface area contributed by atoms with Gasteiger partial charge >= 0.3 is 0 Å². The van der Waals surface area contributed by atoms with Crippen molar-refractivity contribution >= 4 is 6.29 Å². The van der Waals surface area contributed by atoms with Crippen molar-refractivity contribution in [3.63, 3.8) is 0 Å². The third-order valence-electron chi connectivity index (χ3n) is 1.42. The van der Waals surface area contributed by atoms with E-state index in [1.807, 2.05) is 0 Å². The largest absolute Gasteiger partial charge is 0.380 e. The van der Waals surface area contributed by atoms with Gasteiger partial charge in [0.2, 0.25) is 0 Å². The third kappa shape index (κ3) is 1.46. The first-order chi connectivity index (χ1) is 5.29. The zero-order valence-corrected chi connectivity index (χ0v) is 6.46. The number of aryl methyl sites for hydroxylation is 1. The molecule has 0 saturated heterocycles. The fraction of sp³-hybridized carbons (Fsp3) is 0.429. The Labute approximate surface area is 64.1 Å². The van der Waals surface area contributed by atoms with Gasteiger partial charge in [0.25, 0.3) is 0 Å². The molecule has 0 aromatic carbocycles. The maximum atomic E-state index is 10.3. The molecule has 0 amide bonds. The Kier molecular flexibility index (Phi) is 2.38. The molecule has 0 N–H and O–H groups in total. The van der Waals surface area contributed by atoms with E-state index in [0.29, 0.717) is 24.3 Å². The number of ether oxygens (including phenoxy) is 1. The van der Waals surface area contributed by atoms with E-state index >= 15 is 0 Å². The minimum atomic E-state index is 0.323. The predicted molar refractivity (Wildman–Crippen MR) is 37.3 cm³/mol. The summed E-state index contributed by atoms with van der Waals surface area (Å²) in [6.45, 7) is 2.11. The van der Waals surface area contributed by atoms with Crippen LogP contribution in [0.2, 0.25) is 0 Å². The lowest BCUT2D eigenvalue weighted by molar-refractivity contribution is 0.111. The number of carbonyl (C=O) groups is 1. The molecule has 60 valence electrons. The van der Waals surface area contributed by atoms with E-state index in [1.165, 1.54) is 0 Å². The lowest BCUT2D eigenvalue weighted by atomic mass is 10.2. The molecule has 1 heterocycles. The first-order valence-corrected chi connectivity index (χ1v) is 3.19. The van der Waals surface area contributed by atoms with Crippen molar-refractivity contribution in [3.05, 3.63) is 17.0 Å². The van der Waals surface area contributed by atoms with Crippen molar-refractivity contribution in [2.45, 2.75) is 13.5 Å². The summed E-state index contributed by atoms with van der Waals surface area (Å²) < 4.78 is 9.63. The molecule has 0 spiro atoms. The van der Waals surface area contributed by atoms with Crippen LogP contribution in [0.1, 0.15) is 21.8 Å². The van der Waals surface area contributed by atoms with Crippen LogP contribution in [-0.2, 0) is 11.3 Å². The van der Waals surface area contributed by atoms with Gasteiger partial charge < -0.3 is 9.26 Å². The second kappa shape index (κ2) is 3.30. The summed E-state index contributed by atoms with van der Waals surface area (Å²) in [7, 11) is 1.56. The van der Waals surface area contributed by atoms with Crippen LogP contribution in [-0.4, -0.2) is 18.6 Å². The molecule has 0 atom stereocenters. The van der Waals surface area contributed by atoms with E-state index in [4.69, 9.17) is 9.26 Å². The van der Waals surface area contributed by atoms with E-state index in [0.717, 1.165) is 5.56 Å². The quantitative estimate of drug-likeness (QED) is 0.609. The minimum absolute atomic E-state index is 0.323. The molecule has 1 aromatic heterocycles. The summed E-state index contributed by atoms with van der Waals surface area (Å²) in [6.07, 6.45) is 0.658. The molecule has 4 heteroatoms. The molecule has 0 unspecified atom stereocenters. The van der Waals surface area contributed by atoms with Gasteiger partial charge in [-0.05, 0) is 6.92 Å². The molecular weight excluding hydrogens is 146 g/mol. The van der Waals surface area contributed by atoms with Crippen molar-refractivity contribution in [1.82, 2.24) is 5.16 Å². The molecule has 0 bridgehead atoms. The molecule has 0 aliphatic heterocycles. The predicted octanol–water partition coefficient (Wildman–Crippen LogP) is 0.942. The lowest BCUT2D eigenvalue weighted by Gasteiger charge is -1.93. The first-order valence-electron chi connectivity index (χ1n) is 3.19. The topological polar surface area (TPSA) is 52.3 Å². The monoisotopic (exact) mass is 155 g/mol. The number of methoxy groups -OCH3 is 1. The van der Waals surface area contributed by atoms with Crippen LogP contribution in [0, 0.1) is 6.92 Å². The van der Waals surface area contributed by atoms with E-state index in [9.17, 15) is 4.79 Å². The van der Waals surface area contributed by atoms with E-state index in [2.05, 4.69) is 5.16 Å². The van der Waals surface area contributed by atoms with E-state index in [-0.39, 0.29) is 0 Å².